The molecule has 0 amide bonds. The number of carbonyl (C=O) groups is 2. The highest BCUT2D eigenvalue weighted by molar-refractivity contribution is 5.90. The predicted octanol–water partition coefficient (Wildman–Crippen LogP) is 8.60. The number of nitrogens with zero attached hydrogens (tertiary/aromatic N) is 1. The second-order valence-corrected chi connectivity index (χ2v) is 11.0. The maximum Gasteiger partial charge on any atom is 0.335 e. The third-order valence-electron chi connectivity index (χ3n) is 8.58. The van der Waals surface area contributed by atoms with Gasteiger partial charge in [-0.2, -0.15) is 5.06 Å². The van der Waals surface area contributed by atoms with Crippen molar-refractivity contribution >= 4 is 23.3 Å². The number of hydrogen-bond acceptors (Lipinski definition) is 3. The minimum Gasteiger partial charge on any atom is -0.478 e. The molecule has 0 saturated carbocycles. The highest BCUT2D eigenvalue weighted by Gasteiger charge is 2.46. The van der Waals surface area contributed by atoms with Crippen LogP contribution in [0.25, 0.3) is 22.3 Å². The lowest BCUT2D eigenvalue weighted by molar-refractivity contribution is 0.0686. The summed E-state index contributed by atoms with van der Waals surface area (Å²) in [5.41, 5.74) is 7.40. The quantitative estimate of drug-likeness (QED) is 0.203. The molecule has 1 radical (unpaired) electrons. The molecule has 6 nitrogen and oxygen atoms in total. The van der Waals surface area contributed by atoms with Crippen molar-refractivity contribution in [3.63, 3.8) is 0 Å². The molecule has 0 unspecified atom stereocenters. The number of aromatic carboxylic acids is 2. The van der Waals surface area contributed by atoms with E-state index in [1.54, 1.807) is 48.5 Å². The normalized spacial score (nSPS) is 13.0. The van der Waals surface area contributed by atoms with Crippen molar-refractivity contribution in [2.75, 3.05) is 5.06 Å². The minimum absolute atomic E-state index is 0.197. The summed E-state index contributed by atoms with van der Waals surface area (Å²) in [6.45, 7) is 0. The van der Waals surface area contributed by atoms with Crippen molar-refractivity contribution in [1.82, 2.24) is 0 Å². The minimum atomic E-state index is -0.994. The molecule has 6 heteroatoms. The van der Waals surface area contributed by atoms with Crippen LogP contribution in [-0.2, 0) is 10.6 Å². The SMILES string of the molecule is [O]N1c2ccc(-c3ccc(C(=O)O)cc3)cc2C(c2ccccc2)(c2ccccc2)c2cc(-c3ccc(C(=O)O)cc3)ccc21. The van der Waals surface area contributed by atoms with Crippen molar-refractivity contribution in [3.05, 3.63) is 179 Å². The zero-order valence-corrected chi connectivity index (χ0v) is 23.9. The van der Waals surface area contributed by atoms with Crippen molar-refractivity contribution in [3.8, 4) is 22.3 Å². The number of carboxylic acids is 2. The molecule has 2 N–H and O–H groups in total. The summed E-state index contributed by atoms with van der Waals surface area (Å²) in [6.07, 6.45) is 0. The molecule has 1 heterocycles. The highest BCUT2D eigenvalue weighted by Crippen LogP contribution is 2.56. The van der Waals surface area contributed by atoms with Crippen LogP contribution >= 0.6 is 0 Å². The Kier molecular flexibility index (Phi) is 6.76. The zero-order valence-electron chi connectivity index (χ0n) is 23.9. The van der Waals surface area contributed by atoms with Gasteiger partial charge in [-0.05, 0) is 93.0 Å². The average Bonchev–Trinajstić information content (AvgIpc) is 3.09. The fourth-order valence-electron chi connectivity index (χ4n) is 6.44. The largest absolute Gasteiger partial charge is 0.478 e. The Morgan fingerprint density at radius 2 is 0.822 bits per heavy atom. The second-order valence-electron chi connectivity index (χ2n) is 11.0. The maximum absolute atomic E-state index is 14.2. The molecular formula is C39H26NO5. The van der Waals surface area contributed by atoms with Gasteiger partial charge < -0.3 is 10.2 Å². The number of anilines is 2. The summed E-state index contributed by atoms with van der Waals surface area (Å²) in [5, 5.41) is 34.0. The van der Waals surface area contributed by atoms with Crippen LogP contribution in [0.15, 0.2) is 146 Å². The molecule has 0 bridgehead atoms. The summed E-state index contributed by atoms with van der Waals surface area (Å²) in [4.78, 5) is 23.0. The first-order chi connectivity index (χ1) is 21.9. The first-order valence-electron chi connectivity index (χ1n) is 14.4. The van der Waals surface area contributed by atoms with E-state index >= 15 is 0 Å². The maximum atomic E-state index is 14.2. The first-order valence-corrected chi connectivity index (χ1v) is 14.4. The Hall–Kier alpha value is -5.98. The van der Waals surface area contributed by atoms with Crippen LogP contribution in [0.5, 0.6) is 0 Å². The highest BCUT2D eigenvalue weighted by atomic mass is 16.5. The lowest BCUT2D eigenvalue weighted by Crippen LogP contribution is -2.37. The van der Waals surface area contributed by atoms with E-state index in [4.69, 9.17) is 0 Å². The van der Waals surface area contributed by atoms with Crippen LogP contribution in [-0.4, -0.2) is 22.2 Å². The molecule has 6 aromatic carbocycles. The molecule has 1 aliphatic heterocycles. The summed E-state index contributed by atoms with van der Waals surface area (Å²) >= 11 is 0. The number of benzene rings is 6. The van der Waals surface area contributed by atoms with E-state index in [0.29, 0.717) is 11.4 Å². The Morgan fingerprint density at radius 1 is 0.467 bits per heavy atom. The molecule has 45 heavy (non-hydrogen) atoms. The van der Waals surface area contributed by atoms with E-state index < -0.39 is 17.4 Å². The van der Waals surface area contributed by atoms with Gasteiger partial charge >= 0.3 is 11.9 Å². The lowest BCUT2D eigenvalue weighted by atomic mass is 9.62. The molecule has 0 atom stereocenters. The van der Waals surface area contributed by atoms with Gasteiger partial charge in [0.1, 0.15) is 0 Å². The predicted molar refractivity (Wildman–Crippen MR) is 172 cm³/mol. The van der Waals surface area contributed by atoms with Crippen LogP contribution in [0.3, 0.4) is 0 Å². The van der Waals surface area contributed by atoms with E-state index in [9.17, 15) is 25.0 Å². The summed E-state index contributed by atoms with van der Waals surface area (Å²) in [6, 6.07) is 45.2. The van der Waals surface area contributed by atoms with E-state index in [2.05, 4.69) is 24.3 Å². The standard InChI is InChI=1S/C39H26NO5/c41-37(42)27-15-11-25(12-16-27)29-19-21-35-33(23-29)39(31-7-3-1-4-8-31,32-9-5-2-6-10-32)34-24-30(20-22-36(34)40(35)45)26-13-17-28(18-14-26)38(43)44/h1-24H,(H,41,42)(H,43,44). The Labute approximate surface area is 259 Å². The number of carboxylic acid groups (broad SMARTS) is 2. The fraction of sp³-hybridized carbons (Fsp3) is 0.0256. The van der Waals surface area contributed by atoms with Crippen molar-refractivity contribution in [2.45, 2.75) is 5.41 Å². The van der Waals surface area contributed by atoms with Crippen LogP contribution in [0.1, 0.15) is 43.0 Å². The zero-order chi connectivity index (χ0) is 31.1. The smallest absolute Gasteiger partial charge is 0.335 e. The molecule has 0 saturated heterocycles. The van der Waals surface area contributed by atoms with Gasteiger partial charge in [-0.25, -0.2) is 9.59 Å². The molecule has 6 aromatic rings. The molecule has 0 aromatic heterocycles. The van der Waals surface area contributed by atoms with Crippen molar-refractivity contribution < 1.29 is 25.0 Å². The lowest BCUT2D eigenvalue weighted by Gasteiger charge is -2.44. The summed E-state index contributed by atoms with van der Waals surface area (Å²) in [5.74, 6) is -1.99. The molecule has 1 aliphatic rings. The average molecular weight is 589 g/mol. The van der Waals surface area contributed by atoms with Crippen LogP contribution in [0.4, 0.5) is 11.4 Å². The van der Waals surface area contributed by atoms with Gasteiger partial charge in [-0.1, -0.05) is 102 Å². The van der Waals surface area contributed by atoms with Gasteiger partial charge in [0.05, 0.1) is 27.9 Å². The Bertz CT molecular complexity index is 1900. The van der Waals surface area contributed by atoms with Gasteiger partial charge in [0.25, 0.3) is 0 Å². The Morgan fingerprint density at radius 3 is 1.18 bits per heavy atom. The molecule has 217 valence electrons. The second kappa shape index (κ2) is 10.9. The summed E-state index contributed by atoms with van der Waals surface area (Å²) in [7, 11) is 0. The third kappa shape index (κ3) is 4.56. The van der Waals surface area contributed by atoms with Crippen LogP contribution in [0.2, 0.25) is 0 Å². The van der Waals surface area contributed by atoms with Crippen LogP contribution in [0, 0.1) is 0 Å². The van der Waals surface area contributed by atoms with Gasteiger partial charge in [0.15, 0.2) is 0 Å². The topological polar surface area (TPSA) is 97.7 Å². The van der Waals surface area contributed by atoms with E-state index in [0.717, 1.165) is 49.6 Å². The van der Waals surface area contributed by atoms with E-state index in [-0.39, 0.29) is 11.1 Å². The number of rotatable bonds is 6. The van der Waals surface area contributed by atoms with Crippen molar-refractivity contribution in [1.29, 1.82) is 0 Å². The molecule has 0 spiro atoms. The fourth-order valence-corrected chi connectivity index (χ4v) is 6.44. The van der Waals surface area contributed by atoms with Gasteiger partial charge in [-0.15, -0.1) is 0 Å². The summed E-state index contributed by atoms with van der Waals surface area (Å²) < 4.78 is 0. The number of hydrogen-bond donors (Lipinski definition) is 2. The molecule has 7 rings (SSSR count). The van der Waals surface area contributed by atoms with E-state index in [1.165, 1.54) is 0 Å². The molecule has 0 aliphatic carbocycles. The van der Waals surface area contributed by atoms with Gasteiger partial charge in [0, 0.05) is 0 Å². The van der Waals surface area contributed by atoms with Gasteiger partial charge in [-0.3, -0.25) is 0 Å². The molecular weight excluding hydrogens is 562 g/mol. The van der Waals surface area contributed by atoms with E-state index in [1.807, 2.05) is 72.8 Å². The first kappa shape index (κ1) is 27.8. The monoisotopic (exact) mass is 588 g/mol. The molecule has 0 fully saturated rings. The van der Waals surface area contributed by atoms with Gasteiger partial charge in [0.2, 0.25) is 0 Å². The third-order valence-corrected chi connectivity index (χ3v) is 8.58. The number of fused-ring (bicyclic) bond motifs is 2. The van der Waals surface area contributed by atoms with Crippen molar-refractivity contribution in [2.24, 2.45) is 0 Å². The van der Waals surface area contributed by atoms with Crippen LogP contribution < -0.4 is 5.06 Å². The Balaban J connectivity index is 1.53.